The molecule has 6 nitrogen and oxygen atoms in total. The largest absolute Gasteiger partial charge is 0.494 e. The predicted molar refractivity (Wildman–Crippen MR) is 508 cm³/mol. The van der Waals surface area contributed by atoms with Crippen molar-refractivity contribution in [2.75, 3.05) is 26.4 Å². The van der Waals surface area contributed by atoms with Crippen molar-refractivity contribution in [2.24, 2.45) is 0 Å². The molecule has 1 heterocycles. The van der Waals surface area contributed by atoms with Crippen molar-refractivity contribution in [2.45, 2.75) is 174 Å². The SMILES string of the molecule is CC1(C)OB(c2ccc(CCCc3cc(-c4ccc(CCCc5cc(-c6ccc(CCCOCc7ccccc7)cc6)cc(-c6ccc(CCCOCc7ccccc7)cc6)c5)cc4)cc(-c4ccc(CCCc5cc(-c6ccc(CCCOCc7ccccc7)cc6)cc(-c6ccc(CCCOCc7ccccc7)cc6)c5)cc4)c3)cc2)OC1(C)C. The smallest absolute Gasteiger partial charge is 0.399 e. The number of benzene rings is 14. The topological polar surface area (TPSA) is 55.4 Å². The van der Waals surface area contributed by atoms with Gasteiger partial charge in [0.25, 0.3) is 0 Å². The Morgan fingerprint density at radius 1 is 0.189 bits per heavy atom. The highest BCUT2D eigenvalue weighted by molar-refractivity contribution is 6.62. The molecule has 618 valence electrons. The summed E-state index contributed by atoms with van der Waals surface area (Å²) in [5, 5.41) is 0. The van der Waals surface area contributed by atoms with E-state index in [0.717, 1.165) is 141 Å². The fourth-order valence-electron chi connectivity index (χ4n) is 16.6. The first-order valence-electron chi connectivity index (χ1n) is 44.8. The Morgan fingerprint density at radius 2 is 0.377 bits per heavy atom. The summed E-state index contributed by atoms with van der Waals surface area (Å²) in [7, 11) is -0.371. The molecular weight excluding hydrogens is 1490 g/mol. The Balaban J connectivity index is 0.617. The van der Waals surface area contributed by atoms with Crippen LogP contribution in [0.15, 0.2) is 346 Å². The molecule has 1 aliphatic rings. The summed E-state index contributed by atoms with van der Waals surface area (Å²) >= 11 is 0. The molecule has 122 heavy (non-hydrogen) atoms. The monoisotopic (exact) mass is 1610 g/mol. The van der Waals surface area contributed by atoms with Gasteiger partial charge in [0.05, 0.1) is 37.6 Å². The maximum absolute atomic E-state index is 6.42. The van der Waals surface area contributed by atoms with E-state index in [9.17, 15) is 0 Å². The van der Waals surface area contributed by atoms with Gasteiger partial charge in [-0.05, 0) is 305 Å². The van der Waals surface area contributed by atoms with Gasteiger partial charge in [-0.15, -0.1) is 0 Å². The average Bonchev–Trinajstić information content (AvgIpc) is 1.62. The van der Waals surface area contributed by atoms with Crippen molar-refractivity contribution >= 4 is 12.6 Å². The molecule has 1 saturated heterocycles. The number of hydrogen-bond donors (Lipinski definition) is 0. The lowest BCUT2D eigenvalue weighted by atomic mass is 9.78. The van der Waals surface area contributed by atoms with Crippen molar-refractivity contribution in [3.8, 4) is 66.8 Å². The van der Waals surface area contributed by atoms with Gasteiger partial charge in [0.2, 0.25) is 0 Å². The molecule has 1 aliphatic heterocycles. The van der Waals surface area contributed by atoms with E-state index in [-0.39, 0.29) is 18.3 Å². The molecule has 0 aromatic heterocycles. The Morgan fingerprint density at radius 3 is 0.590 bits per heavy atom. The minimum absolute atomic E-state index is 0.371. The quantitative estimate of drug-likeness (QED) is 0.0280. The van der Waals surface area contributed by atoms with Crippen molar-refractivity contribution in [1.82, 2.24) is 0 Å². The van der Waals surface area contributed by atoms with E-state index >= 15 is 0 Å². The van der Waals surface area contributed by atoms with Gasteiger partial charge in [0.1, 0.15) is 0 Å². The minimum Gasteiger partial charge on any atom is -0.399 e. The standard InChI is InChI=1S/C115H119BO6/c1-114(2)115(3,4)122-116(121-114)113-68-54-89(55-69-113)34-19-37-100-78-107(101-56-42-87(43-57-101)32-17-35-98-74-109(103-60-46-90(47-61-103)38-20-70-117-83-94-24-9-5-10-25-94)81-110(75-98)104-62-48-91(49-63-104)39-21-71-118-84-95-26-11-6-12-27-95)80-108(79-100)102-58-44-88(45-59-102)33-18-36-99-76-111(105-64-50-92(51-65-105)40-22-72-119-85-96-28-13-7-14-29-96)82-112(77-99)106-66-52-93(53-67-106)41-23-73-120-86-97-30-15-8-16-31-97/h5-16,24-31,42-69,74-82H,17-23,32-41,70-73,83-86H2,1-4H3. The Bertz CT molecular complexity index is 4960. The van der Waals surface area contributed by atoms with E-state index in [1.807, 2.05) is 0 Å². The van der Waals surface area contributed by atoms with E-state index in [4.69, 9.17) is 28.3 Å². The van der Waals surface area contributed by atoms with Gasteiger partial charge in [-0.2, -0.15) is 0 Å². The highest BCUT2D eigenvalue weighted by Gasteiger charge is 2.51. The molecule has 0 amide bonds. The Labute approximate surface area is 727 Å². The highest BCUT2D eigenvalue weighted by Crippen LogP contribution is 2.38. The molecule has 0 aliphatic carbocycles. The number of ether oxygens (including phenoxy) is 4. The van der Waals surface area contributed by atoms with Gasteiger partial charge >= 0.3 is 7.12 Å². The van der Waals surface area contributed by atoms with Crippen LogP contribution in [-0.4, -0.2) is 44.7 Å². The molecule has 1 fully saturated rings. The maximum atomic E-state index is 6.42. The molecule has 0 saturated carbocycles. The second-order valence-electron chi connectivity index (χ2n) is 34.4. The zero-order chi connectivity index (χ0) is 83.4. The summed E-state index contributed by atoms with van der Waals surface area (Å²) in [6.45, 7) is 14.0. The summed E-state index contributed by atoms with van der Waals surface area (Å²) in [6.07, 6.45) is 16.8. The molecule has 15 rings (SSSR count). The summed E-state index contributed by atoms with van der Waals surface area (Å²) in [5.41, 5.74) is 33.5. The van der Waals surface area contributed by atoms with Crippen molar-refractivity contribution < 1.29 is 28.3 Å². The normalized spacial score (nSPS) is 12.9. The van der Waals surface area contributed by atoms with Gasteiger partial charge in [0.15, 0.2) is 0 Å². The summed E-state index contributed by atoms with van der Waals surface area (Å²) in [5.74, 6) is 0. The van der Waals surface area contributed by atoms with E-state index in [2.05, 4.69) is 373 Å². The molecule has 7 heteroatoms. The van der Waals surface area contributed by atoms with Gasteiger partial charge in [-0.25, -0.2) is 0 Å². The van der Waals surface area contributed by atoms with Crippen LogP contribution < -0.4 is 5.46 Å². The van der Waals surface area contributed by atoms with E-state index < -0.39 is 0 Å². The summed E-state index contributed by atoms with van der Waals surface area (Å²) in [6, 6.07) is 128. The lowest BCUT2D eigenvalue weighted by molar-refractivity contribution is 0.00578. The first-order chi connectivity index (χ1) is 59.9. The maximum Gasteiger partial charge on any atom is 0.494 e. The molecule has 14 aromatic rings. The van der Waals surface area contributed by atoms with E-state index in [1.165, 1.54) is 145 Å². The van der Waals surface area contributed by atoms with Crippen molar-refractivity contribution in [3.05, 3.63) is 424 Å². The predicted octanol–water partition coefficient (Wildman–Crippen LogP) is 27.1. The van der Waals surface area contributed by atoms with Gasteiger partial charge in [0, 0.05) is 26.4 Å². The summed E-state index contributed by atoms with van der Waals surface area (Å²) in [4.78, 5) is 0. The molecule has 14 aromatic carbocycles. The number of aryl methyl sites for hydroxylation is 10. The molecule has 0 spiro atoms. The number of hydrogen-bond acceptors (Lipinski definition) is 6. The number of rotatable bonds is 43. The average molecular weight is 1610 g/mol. The van der Waals surface area contributed by atoms with Crippen LogP contribution >= 0.6 is 0 Å². The molecule has 0 atom stereocenters. The van der Waals surface area contributed by atoms with Crippen molar-refractivity contribution in [3.63, 3.8) is 0 Å². The third-order valence-corrected chi connectivity index (χ3v) is 24.5. The fraction of sp³-hybridized carbons (Fsp3) is 0.270. The van der Waals surface area contributed by atoms with Crippen LogP contribution in [0.5, 0.6) is 0 Å². The van der Waals surface area contributed by atoms with Crippen LogP contribution in [-0.2, 0) is 119 Å². The minimum atomic E-state index is -0.383. The Kier molecular flexibility index (Phi) is 30.7. The lowest BCUT2D eigenvalue weighted by Crippen LogP contribution is -2.41. The van der Waals surface area contributed by atoms with Gasteiger partial charge < -0.3 is 28.3 Å². The van der Waals surface area contributed by atoms with Gasteiger partial charge in [-0.1, -0.05) is 328 Å². The zero-order valence-electron chi connectivity index (χ0n) is 72.1. The molecular formula is C115H119BO6. The first-order valence-corrected chi connectivity index (χ1v) is 44.8. The van der Waals surface area contributed by atoms with Crippen LogP contribution in [0.25, 0.3) is 66.8 Å². The van der Waals surface area contributed by atoms with E-state index in [1.54, 1.807) is 0 Å². The molecule has 0 bridgehead atoms. The lowest BCUT2D eigenvalue weighted by Gasteiger charge is -2.32. The zero-order valence-corrected chi connectivity index (χ0v) is 72.1. The van der Waals surface area contributed by atoms with Gasteiger partial charge in [-0.3, -0.25) is 0 Å². The molecule has 0 N–H and O–H groups in total. The third kappa shape index (κ3) is 25.3. The molecule has 0 unspecified atom stereocenters. The Hall–Kier alpha value is -11.1. The fourth-order valence-corrected chi connectivity index (χ4v) is 16.6. The van der Waals surface area contributed by atoms with Crippen LogP contribution in [0.2, 0.25) is 0 Å². The second kappa shape index (κ2) is 43.6. The first kappa shape index (κ1) is 85.9. The van der Waals surface area contributed by atoms with Crippen LogP contribution in [0.3, 0.4) is 0 Å². The van der Waals surface area contributed by atoms with Crippen LogP contribution in [0.1, 0.15) is 151 Å². The van der Waals surface area contributed by atoms with Crippen LogP contribution in [0, 0.1) is 0 Å². The highest BCUT2D eigenvalue weighted by atomic mass is 16.7. The second-order valence-corrected chi connectivity index (χ2v) is 34.4. The third-order valence-electron chi connectivity index (χ3n) is 24.5. The van der Waals surface area contributed by atoms with E-state index in [0.29, 0.717) is 26.4 Å². The summed E-state index contributed by atoms with van der Waals surface area (Å²) < 4.78 is 37.0. The van der Waals surface area contributed by atoms with Crippen molar-refractivity contribution in [1.29, 1.82) is 0 Å². The van der Waals surface area contributed by atoms with Crippen LogP contribution in [0.4, 0.5) is 0 Å². The molecule has 0 radical (unpaired) electrons.